The molecular weight excluding hydrogens is 200 g/mol. The van der Waals surface area contributed by atoms with Crippen LogP contribution in [0.15, 0.2) is 30.5 Å². The lowest BCUT2D eigenvalue weighted by Crippen LogP contribution is -2.16. The number of carbonyl (C=O) groups is 1. The number of aromatic amines is 1. The number of Topliss-reactive ketones (excluding diaryl/α,β-unsaturated/α-hetero) is 1. The van der Waals surface area contributed by atoms with E-state index in [1.54, 1.807) is 0 Å². The summed E-state index contributed by atoms with van der Waals surface area (Å²) in [4.78, 5) is 17.1. The Kier molecular flexibility index (Phi) is 3.06. The van der Waals surface area contributed by atoms with Crippen molar-refractivity contribution >= 4 is 16.7 Å². The van der Waals surface area contributed by atoms with Crippen LogP contribution in [0.25, 0.3) is 10.9 Å². The number of para-hydroxylation sites is 1. The molecule has 0 aliphatic heterocycles. The number of benzene rings is 1. The van der Waals surface area contributed by atoms with Gasteiger partial charge in [0, 0.05) is 35.6 Å². The standard InChI is InChI=1S/C13H16N2O/c1-15(2)8-7-13(16)11-9-14-12-6-4-3-5-10(11)12/h3-6,9,14H,7-8H2,1-2H3. The van der Waals surface area contributed by atoms with Gasteiger partial charge in [0.05, 0.1) is 0 Å². The van der Waals surface area contributed by atoms with Gasteiger partial charge in [-0.1, -0.05) is 18.2 Å². The molecule has 3 nitrogen and oxygen atoms in total. The number of rotatable bonds is 4. The van der Waals surface area contributed by atoms with Crippen molar-refractivity contribution in [1.29, 1.82) is 0 Å². The number of fused-ring (bicyclic) bond motifs is 1. The molecule has 0 fully saturated rings. The minimum Gasteiger partial charge on any atom is -0.360 e. The molecule has 84 valence electrons. The summed E-state index contributed by atoms with van der Waals surface area (Å²) in [5.41, 5.74) is 1.83. The average molecular weight is 216 g/mol. The van der Waals surface area contributed by atoms with E-state index in [9.17, 15) is 4.79 Å². The number of hydrogen-bond acceptors (Lipinski definition) is 2. The van der Waals surface area contributed by atoms with Gasteiger partial charge in [0.2, 0.25) is 0 Å². The smallest absolute Gasteiger partial charge is 0.166 e. The maximum atomic E-state index is 12.0. The molecule has 0 saturated heterocycles. The van der Waals surface area contributed by atoms with Crippen LogP contribution < -0.4 is 0 Å². The number of hydrogen-bond donors (Lipinski definition) is 1. The Morgan fingerprint density at radius 2 is 2.06 bits per heavy atom. The number of carbonyl (C=O) groups excluding carboxylic acids is 1. The Morgan fingerprint density at radius 1 is 1.31 bits per heavy atom. The number of ketones is 1. The third-order valence-corrected chi connectivity index (χ3v) is 2.68. The van der Waals surface area contributed by atoms with Crippen LogP contribution in [0.4, 0.5) is 0 Å². The summed E-state index contributed by atoms with van der Waals surface area (Å²) in [6.45, 7) is 0.790. The van der Waals surface area contributed by atoms with Crippen LogP contribution in [0.3, 0.4) is 0 Å². The lowest BCUT2D eigenvalue weighted by atomic mass is 10.1. The third kappa shape index (κ3) is 2.14. The molecule has 2 aromatic rings. The van der Waals surface area contributed by atoms with Gasteiger partial charge in [0.15, 0.2) is 5.78 Å². The summed E-state index contributed by atoms with van der Waals surface area (Å²) >= 11 is 0. The second-order valence-electron chi connectivity index (χ2n) is 4.22. The summed E-state index contributed by atoms with van der Waals surface area (Å²) in [6, 6.07) is 7.89. The van der Waals surface area contributed by atoms with E-state index >= 15 is 0 Å². The van der Waals surface area contributed by atoms with E-state index in [1.165, 1.54) is 0 Å². The molecule has 0 unspecified atom stereocenters. The van der Waals surface area contributed by atoms with Crippen LogP contribution in [0.1, 0.15) is 16.8 Å². The highest BCUT2D eigenvalue weighted by Crippen LogP contribution is 2.18. The fourth-order valence-corrected chi connectivity index (χ4v) is 1.76. The molecule has 0 aliphatic carbocycles. The largest absolute Gasteiger partial charge is 0.360 e. The molecule has 16 heavy (non-hydrogen) atoms. The summed E-state index contributed by atoms with van der Waals surface area (Å²) in [5, 5.41) is 1.02. The van der Waals surface area contributed by atoms with Crippen LogP contribution in [0.2, 0.25) is 0 Å². The van der Waals surface area contributed by atoms with E-state index in [1.807, 2.05) is 49.5 Å². The Labute approximate surface area is 95.1 Å². The van der Waals surface area contributed by atoms with E-state index in [4.69, 9.17) is 0 Å². The van der Waals surface area contributed by atoms with Gasteiger partial charge in [-0.15, -0.1) is 0 Å². The topological polar surface area (TPSA) is 36.1 Å². The molecular formula is C13H16N2O. The second kappa shape index (κ2) is 4.49. The summed E-state index contributed by atoms with van der Waals surface area (Å²) < 4.78 is 0. The van der Waals surface area contributed by atoms with Crippen LogP contribution in [-0.2, 0) is 0 Å². The Balaban J connectivity index is 2.23. The van der Waals surface area contributed by atoms with Gasteiger partial charge in [0.25, 0.3) is 0 Å². The minimum absolute atomic E-state index is 0.200. The number of H-pyrrole nitrogens is 1. The van der Waals surface area contributed by atoms with Crippen molar-refractivity contribution in [3.05, 3.63) is 36.0 Å². The third-order valence-electron chi connectivity index (χ3n) is 2.68. The lowest BCUT2D eigenvalue weighted by molar-refractivity contribution is 0.0974. The lowest BCUT2D eigenvalue weighted by Gasteiger charge is -2.07. The van der Waals surface area contributed by atoms with Crippen LogP contribution >= 0.6 is 0 Å². The van der Waals surface area contributed by atoms with Crippen molar-refractivity contribution in [2.24, 2.45) is 0 Å². The maximum absolute atomic E-state index is 12.0. The van der Waals surface area contributed by atoms with Crippen LogP contribution in [0, 0.1) is 0 Å². The predicted octanol–water partition coefficient (Wildman–Crippen LogP) is 2.30. The highest BCUT2D eigenvalue weighted by molar-refractivity contribution is 6.07. The zero-order valence-electron chi connectivity index (χ0n) is 9.66. The first kappa shape index (κ1) is 10.9. The summed E-state index contributed by atoms with van der Waals surface area (Å²) in [7, 11) is 3.95. The van der Waals surface area contributed by atoms with Crippen molar-refractivity contribution in [2.45, 2.75) is 6.42 Å². The molecule has 1 N–H and O–H groups in total. The van der Waals surface area contributed by atoms with Crippen molar-refractivity contribution in [3.8, 4) is 0 Å². The first-order chi connectivity index (χ1) is 7.68. The second-order valence-corrected chi connectivity index (χ2v) is 4.22. The molecule has 3 heteroatoms. The van der Waals surface area contributed by atoms with Crippen molar-refractivity contribution in [2.75, 3.05) is 20.6 Å². The van der Waals surface area contributed by atoms with Gasteiger partial charge in [-0.05, 0) is 20.2 Å². The first-order valence-electron chi connectivity index (χ1n) is 5.42. The Morgan fingerprint density at radius 3 is 2.81 bits per heavy atom. The Hall–Kier alpha value is -1.61. The van der Waals surface area contributed by atoms with Gasteiger partial charge in [-0.25, -0.2) is 0 Å². The van der Waals surface area contributed by atoms with E-state index in [0.717, 1.165) is 23.0 Å². The van der Waals surface area contributed by atoms with Crippen molar-refractivity contribution in [3.63, 3.8) is 0 Å². The highest BCUT2D eigenvalue weighted by Gasteiger charge is 2.11. The average Bonchev–Trinajstić information content (AvgIpc) is 2.69. The van der Waals surface area contributed by atoms with E-state index in [2.05, 4.69) is 4.98 Å². The zero-order valence-corrected chi connectivity index (χ0v) is 9.66. The molecule has 1 heterocycles. The Bertz CT molecular complexity index is 499. The molecule has 0 radical (unpaired) electrons. The molecule has 0 atom stereocenters. The molecule has 0 spiro atoms. The van der Waals surface area contributed by atoms with E-state index in [0.29, 0.717) is 6.42 Å². The van der Waals surface area contributed by atoms with Gasteiger partial charge in [-0.2, -0.15) is 0 Å². The highest BCUT2D eigenvalue weighted by atomic mass is 16.1. The molecule has 0 amide bonds. The summed E-state index contributed by atoms with van der Waals surface area (Å²) in [6.07, 6.45) is 2.37. The molecule has 1 aromatic carbocycles. The number of nitrogens with zero attached hydrogens (tertiary/aromatic N) is 1. The van der Waals surface area contributed by atoms with Gasteiger partial charge < -0.3 is 9.88 Å². The molecule has 0 saturated carbocycles. The van der Waals surface area contributed by atoms with Crippen molar-refractivity contribution in [1.82, 2.24) is 9.88 Å². The predicted molar refractivity (Wildman–Crippen MR) is 65.8 cm³/mol. The minimum atomic E-state index is 0.200. The molecule has 0 aliphatic rings. The van der Waals surface area contributed by atoms with Crippen LogP contribution in [0.5, 0.6) is 0 Å². The number of aromatic nitrogens is 1. The van der Waals surface area contributed by atoms with Gasteiger partial charge >= 0.3 is 0 Å². The zero-order chi connectivity index (χ0) is 11.5. The maximum Gasteiger partial charge on any atom is 0.166 e. The van der Waals surface area contributed by atoms with Crippen molar-refractivity contribution < 1.29 is 4.79 Å². The molecule has 1 aromatic heterocycles. The molecule has 2 rings (SSSR count). The van der Waals surface area contributed by atoms with Gasteiger partial charge in [-0.3, -0.25) is 4.79 Å². The SMILES string of the molecule is CN(C)CCC(=O)c1c[nH]c2ccccc12. The van der Waals surface area contributed by atoms with E-state index in [-0.39, 0.29) is 5.78 Å². The number of nitrogens with one attached hydrogen (secondary N) is 1. The fraction of sp³-hybridized carbons (Fsp3) is 0.308. The monoisotopic (exact) mass is 216 g/mol. The first-order valence-corrected chi connectivity index (χ1v) is 5.42. The van der Waals surface area contributed by atoms with E-state index < -0.39 is 0 Å². The summed E-state index contributed by atoms with van der Waals surface area (Å²) in [5.74, 6) is 0.200. The normalized spacial score (nSPS) is 11.2. The fourth-order valence-electron chi connectivity index (χ4n) is 1.76. The molecule has 0 bridgehead atoms. The quantitative estimate of drug-likeness (QED) is 0.796. The van der Waals surface area contributed by atoms with Crippen LogP contribution in [-0.4, -0.2) is 36.3 Å². The van der Waals surface area contributed by atoms with Gasteiger partial charge in [0.1, 0.15) is 0 Å².